The third-order valence-corrected chi connectivity index (χ3v) is 3.58. The SMILES string of the molecule is NC(=O)c1cccc(NC(=O)c2nc3cccnc3s2)n1. The molecule has 3 aromatic heterocycles. The first-order chi connectivity index (χ1) is 10.1. The minimum atomic E-state index is -0.657. The predicted molar refractivity (Wildman–Crippen MR) is 78.1 cm³/mol. The fraction of sp³-hybridized carbons (Fsp3) is 0. The van der Waals surface area contributed by atoms with Crippen LogP contribution < -0.4 is 11.1 Å². The number of hydrogen-bond donors (Lipinski definition) is 2. The van der Waals surface area contributed by atoms with Gasteiger partial charge in [-0.15, -0.1) is 0 Å². The van der Waals surface area contributed by atoms with E-state index in [0.717, 1.165) is 0 Å². The molecule has 0 spiro atoms. The van der Waals surface area contributed by atoms with E-state index >= 15 is 0 Å². The second-order valence-electron chi connectivity index (χ2n) is 4.07. The van der Waals surface area contributed by atoms with Gasteiger partial charge in [0.1, 0.15) is 21.9 Å². The molecule has 3 heterocycles. The van der Waals surface area contributed by atoms with Crippen LogP contribution in [0.4, 0.5) is 5.82 Å². The molecule has 3 rings (SSSR count). The maximum Gasteiger partial charge on any atom is 0.285 e. The van der Waals surface area contributed by atoms with E-state index < -0.39 is 11.8 Å². The van der Waals surface area contributed by atoms with Crippen molar-refractivity contribution in [2.24, 2.45) is 5.73 Å². The highest BCUT2D eigenvalue weighted by Gasteiger charge is 2.14. The molecule has 104 valence electrons. The summed E-state index contributed by atoms with van der Waals surface area (Å²) in [6.45, 7) is 0. The fourth-order valence-electron chi connectivity index (χ4n) is 1.68. The molecule has 0 aliphatic rings. The van der Waals surface area contributed by atoms with Crippen LogP contribution in [-0.2, 0) is 0 Å². The van der Waals surface area contributed by atoms with E-state index in [1.54, 1.807) is 30.5 Å². The molecule has 8 heteroatoms. The number of amides is 2. The zero-order valence-corrected chi connectivity index (χ0v) is 11.4. The number of nitrogens with zero attached hydrogens (tertiary/aromatic N) is 3. The van der Waals surface area contributed by atoms with Crippen LogP contribution in [0.15, 0.2) is 36.5 Å². The number of hydrogen-bond acceptors (Lipinski definition) is 6. The fourth-order valence-corrected chi connectivity index (χ4v) is 2.48. The first-order valence-corrected chi connectivity index (χ1v) is 6.75. The highest BCUT2D eigenvalue weighted by atomic mass is 32.1. The van der Waals surface area contributed by atoms with Gasteiger partial charge in [0.2, 0.25) is 0 Å². The van der Waals surface area contributed by atoms with Gasteiger partial charge < -0.3 is 11.1 Å². The van der Waals surface area contributed by atoms with E-state index in [4.69, 9.17) is 5.73 Å². The number of pyridine rings is 2. The van der Waals surface area contributed by atoms with E-state index in [1.165, 1.54) is 17.4 Å². The second-order valence-corrected chi connectivity index (χ2v) is 5.05. The second kappa shape index (κ2) is 5.25. The number of rotatable bonds is 3. The van der Waals surface area contributed by atoms with Gasteiger partial charge in [0.25, 0.3) is 11.8 Å². The average Bonchev–Trinajstić information content (AvgIpc) is 2.91. The van der Waals surface area contributed by atoms with Gasteiger partial charge in [-0.05, 0) is 24.3 Å². The summed E-state index contributed by atoms with van der Waals surface area (Å²) in [7, 11) is 0. The van der Waals surface area contributed by atoms with E-state index in [2.05, 4.69) is 20.3 Å². The van der Waals surface area contributed by atoms with Crippen LogP contribution in [0.25, 0.3) is 10.3 Å². The molecular weight excluding hydrogens is 290 g/mol. The molecule has 0 saturated carbocycles. The molecule has 0 fully saturated rings. The van der Waals surface area contributed by atoms with Crippen molar-refractivity contribution >= 4 is 39.3 Å². The number of fused-ring (bicyclic) bond motifs is 1. The first kappa shape index (κ1) is 13.1. The van der Waals surface area contributed by atoms with Gasteiger partial charge in [-0.1, -0.05) is 17.4 Å². The van der Waals surface area contributed by atoms with Crippen molar-refractivity contribution in [3.63, 3.8) is 0 Å². The molecule has 21 heavy (non-hydrogen) atoms. The Morgan fingerprint density at radius 3 is 2.76 bits per heavy atom. The standard InChI is InChI=1S/C13H9N5O2S/c14-10(19)7-3-1-5-9(16-7)18-11(20)13-17-8-4-2-6-15-12(8)21-13/h1-6H,(H2,14,19)(H,16,18,20). The number of nitrogens with one attached hydrogen (secondary N) is 1. The summed E-state index contributed by atoms with van der Waals surface area (Å²) in [6.07, 6.45) is 1.64. The highest BCUT2D eigenvalue weighted by Crippen LogP contribution is 2.20. The Hall–Kier alpha value is -2.87. The van der Waals surface area contributed by atoms with Crippen LogP contribution in [-0.4, -0.2) is 26.8 Å². The summed E-state index contributed by atoms with van der Waals surface area (Å²) in [6, 6.07) is 8.15. The summed E-state index contributed by atoms with van der Waals surface area (Å²) in [5, 5.41) is 2.85. The normalized spacial score (nSPS) is 10.5. The molecule has 0 unspecified atom stereocenters. The smallest absolute Gasteiger partial charge is 0.285 e. The maximum absolute atomic E-state index is 12.1. The van der Waals surface area contributed by atoms with Gasteiger partial charge in [0, 0.05) is 6.20 Å². The van der Waals surface area contributed by atoms with Crippen molar-refractivity contribution in [1.29, 1.82) is 0 Å². The topological polar surface area (TPSA) is 111 Å². The van der Waals surface area contributed by atoms with Crippen molar-refractivity contribution < 1.29 is 9.59 Å². The third-order valence-electron chi connectivity index (χ3n) is 2.60. The molecule has 0 aromatic carbocycles. The third kappa shape index (κ3) is 2.70. The van der Waals surface area contributed by atoms with Crippen molar-refractivity contribution in [1.82, 2.24) is 15.0 Å². The van der Waals surface area contributed by atoms with Crippen LogP contribution in [0.2, 0.25) is 0 Å². The van der Waals surface area contributed by atoms with Crippen LogP contribution in [0.3, 0.4) is 0 Å². The molecule has 0 radical (unpaired) electrons. The molecule has 0 saturated heterocycles. The Bertz CT molecular complexity index is 812. The Kier molecular flexibility index (Phi) is 3.28. The van der Waals surface area contributed by atoms with Gasteiger partial charge in [-0.2, -0.15) is 0 Å². The number of thiazole rings is 1. The van der Waals surface area contributed by atoms with E-state index in [-0.39, 0.29) is 16.5 Å². The molecule has 3 N–H and O–H groups in total. The lowest BCUT2D eigenvalue weighted by Gasteiger charge is -2.02. The number of primary amides is 1. The van der Waals surface area contributed by atoms with Crippen LogP contribution in [0.1, 0.15) is 20.3 Å². The molecule has 0 aliphatic heterocycles. The highest BCUT2D eigenvalue weighted by molar-refractivity contribution is 7.20. The monoisotopic (exact) mass is 299 g/mol. The summed E-state index contributed by atoms with van der Waals surface area (Å²) < 4.78 is 0. The Labute approximate surface area is 122 Å². The van der Waals surface area contributed by atoms with Crippen LogP contribution >= 0.6 is 11.3 Å². The van der Waals surface area contributed by atoms with Crippen molar-refractivity contribution in [2.45, 2.75) is 0 Å². The lowest BCUT2D eigenvalue weighted by atomic mass is 10.3. The van der Waals surface area contributed by atoms with E-state index in [1.807, 2.05) is 0 Å². The summed E-state index contributed by atoms with van der Waals surface area (Å²) >= 11 is 1.18. The predicted octanol–water partition coefficient (Wildman–Crippen LogP) is 1.44. The largest absolute Gasteiger partial charge is 0.364 e. The van der Waals surface area contributed by atoms with Gasteiger partial charge >= 0.3 is 0 Å². The zero-order chi connectivity index (χ0) is 14.8. The quantitative estimate of drug-likeness (QED) is 0.760. The lowest BCUT2D eigenvalue weighted by Crippen LogP contribution is -2.16. The number of anilines is 1. The van der Waals surface area contributed by atoms with Crippen molar-refractivity contribution in [3.05, 3.63) is 47.2 Å². The summed E-state index contributed by atoms with van der Waals surface area (Å²) in [5.41, 5.74) is 5.88. The molecule has 2 amide bonds. The molecular formula is C13H9N5O2S. The van der Waals surface area contributed by atoms with Crippen molar-refractivity contribution in [3.8, 4) is 0 Å². The number of carbonyl (C=O) groups excluding carboxylic acids is 2. The van der Waals surface area contributed by atoms with Gasteiger partial charge in [0.05, 0.1) is 0 Å². The lowest BCUT2D eigenvalue weighted by molar-refractivity contribution is 0.0991. The maximum atomic E-state index is 12.1. The van der Waals surface area contributed by atoms with Crippen LogP contribution in [0.5, 0.6) is 0 Å². The zero-order valence-electron chi connectivity index (χ0n) is 10.6. The summed E-state index contributed by atoms with van der Waals surface area (Å²) in [5.74, 6) is -0.828. The van der Waals surface area contributed by atoms with Crippen molar-refractivity contribution in [2.75, 3.05) is 5.32 Å². The molecule has 3 aromatic rings. The van der Waals surface area contributed by atoms with E-state index in [9.17, 15) is 9.59 Å². The number of aromatic nitrogens is 3. The number of carbonyl (C=O) groups is 2. The van der Waals surface area contributed by atoms with Gasteiger partial charge in [-0.3, -0.25) is 9.59 Å². The molecule has 0 aliphatic carbocycles. The molecule has 7 nitrogen and oxygen atoms in total. The van der Waals surface area contributed by atoms with E-state index in [0.29, 0.717) is 10.3 Å². The number of nitrogens with two attached hydrogens (primary N) is 1. The Morgan fingerprint density at radius 2 is 2.00 bits per heavy atom. The minimum absolute atomic E-state index is 0.0822. The molecule has 0 bridgehead atoms. The van der Waals surface area contributed by atoms with Crippen LogP contribution in [0, 0.1) is 0 Å². The first-order valence-electron chi connectivity index (χ1n) is 5.93. The van der Waals surface area contributed by atoms with Gasteiger partial charge in [0.15, 0.2) is 5.01 Å². The Morgan fingerprint density at radius 1 is 1.14 bits per heavy atom. The summed E-state index contributed by atoms with van der Waals surface area (Å²) in [4.78, 5) is 36.1. The Balaban J connectivity index is 1.85. The average molecular weight is 299 g/mol. The minimum Gasteiger partial charge on any atom is -0.364 e. The van der Waals surface area contributed by atoms with Gasteiger partial charge in [-0.25, -0.2) is 15.0 Å². The molecule has 0 atom stereocenters.